The zero-order chi connectivity index (χ0) is 19.3. The van der Waals surface area contributed by atoms with E-state index >= 15 is 0 Å². The lowest BCUT2D eigenvalue weighted by Gasteiger charge is -2.19. The number of rotatable bonds is 7. The van der Waals surface area contributed by atoms with Crippen molar-refractivity contribution in [2.24, 2.45) is 7.05 Å². The number of amides is 1. The summed E-state index contributed by atoms with van der Waals surface area (Å²) < 4.78 is 6.87. The lowest BCUT2D eigenvalue weighted by molar-refractivity contribution is -0.120. The highest BCUT2D eigenvalue weighted by Gasteiger charge is 2.19. The van der Waals surface area contributed by atoms with Crippen molar-refractivity contribution in [1.29, 1.82) is 0 Å². The standard InChI is InChI=1S/C19H28N4O2S/c1-13(17(24)20-11-12-25-6)26-18-22-21-16(23(18)5)14-7-9-15(10-8-14)19(2,3)4/h7-10,13H,11-12H2,1-6H3,(H,20,24)/t13-/m1/s1. The average molecular weight is 377 g/mol. The van der Waals surface area contributed by atoms with Crippen molar-refractivity contribution >= 4 is 17.7 Å². The minimum Gasteiger partial charge on any atom is -0.383 e. The van der Waals surface area contributed by atoms with Crippen LogP contribution in [0.3, 0.4) is 0 Å². The van der Waals surface area contributed by atoms with Crippen molar-refractivity contribution in [1.82, 2.24) is 20.1 Å². The van der Waals surface area contributed by atoms with E-state index in [0.29, 0.717) is 18.3 Å². The molecule has 1 aromatic carbocycles. The van der Waals surface area contributed by atoms with E-state index in [2.05, 4.69) is 60.6 Å². The molecule has 0 radical (unpaired) electrons. The van der Waals surface area contributed by atoms with Crippen molar-refractivity contribution in [2.45, 2.75) is 43.5 Å². The summed E-state index contributed by atoms with van der Waals surface area (Å²) in [4.78, 5) is 12.1. The normalized spacial score (nSPS) is 12.8. The van der Waals surface area contributed by atoms with Crippen LogP contribution in [0.25, 0.3) is 11.4 Å². The smallest absolute Gasteiger partial charge is 0.233 e. The van der Waals surface area contributed by atoms with Crippen LogP contribution in [0.15, 0.2) is 29.4 Å². The number of ether oxygens (including phenoxy) is 1. The maximum Gasteiger partial charge on any atom is 0.233 e. The SMILES string of the molecule is COCCNC(=O)[C@@H](C)Sc1nnc(-c2ccc(C(C)(C)C)cc2)n1C. The van der Waals surface area contributed by atoms with Gasteiger partial charge in [0.15, 0.2) is 11.0 Å². The predicted molar refractivity (Wildman–Crippen MR) is 105 cm³/mol. The molecule has 0 unspecified atom stereocenters. The fraction of sp³-hybridized carbons (Fsp3) is 0.526. The van der Waals surface area contributed by atoms with E-state index in [0.717, 1.165) is 11.4 Å². The highest BCUT2D eigenvalue weighted by atomic mass is 32.2. The van der Waals surface area contributed by atoms with E-state index in [-0.39, 0.29) is 16.6 Å². The van der Waals surface area contributed by atoms with Crippen molar-refractivity contribution in [3.63, 3.8) is 0 Å². The zero-order valence-corrected chi connectivity index (χ0v) is 17.2. The fourth-order valence-corrected chi connectivity index (χ4v) is 3.26. The Morgan fingerprint density at radius 2 is 1.92 bits per heavy atom. The van der Waals surface area contributed by atoms with E-state index in [9.17, 15) is 4.79 Å². The van der Waals surface area contributed by atoms with E-state index in [4.69, 9.17) is 4.74 Å². The number of nitrogens with one attached hydrogen (secondary N) is 1. The van der Waals surface area contributed by atoms with Crippen molar-refractivity contribution in [3.8, 4) is 11.4 Å². The maximum absolute atomic E-state index is 12.1. The number of nitrogens with zero attached hydrogens (tertiary/aromatic N) is 3. The van der Waals surface area contributed by atoms with Crippen LogP contribution in [0.2, 0.25) is 0 Å². The largest absolute Gasteiger partial charge is 0.383 e. The molecule has 2 rings (SSSR count). The quantitative estimate of drug-likeness (QED) is 0.594. The molecule has 1 aromatic heterocycles. The molecular weight excluding hydrogens is 348 g/mol. The monoisotopic (exact) mass is 376 g/mol. The highest BCUT2D eigenvalue weighted by Crippen LogP contribution is 2.28. The van der Waals surface area contributed by atoms with Crippen LogP contribution in [0.5, 0.6) is 0 Å². The van der Waals surface area contributed by atoms with Gasteiger partial charge in [-0.2, -0.15) is 0 Å². The number of carbonyl (C=O) groups is 1. The molecule has 0 aliphatic heterocycles. The first-order chi connectivity index (χ1) is 12.2. The predicted octanol–water partition coefficient (Wildman–Crippen LogP) is 3.02. The third kappa shape index (κ3) is 5.08. The molecule has 1 amide bonds. The Balaban J connectivity index is 2.08. The van der Waals surface area contributed by atoms with Gasteiger partial charge in [-0.3, -0.25) is 4.79 Å². The second kappa shape index (κ2) is 8.68. The van der Waals surface area contributed by atoms with Crippen LogP contribution in [0.1, 0.15) is 33.3 Å². The molecule has 0 aliphatic carbocycles. The molecule has 142 valence electrons. The van der Waals surface area contributed by atoms with Crippen LogP contribution in [0.4, 0.5) is 0 Å². The summed E-state index contributed by atoms with van der Waals surface area (Å²) in [7, 11) is 3.53. The number of thioether (sulfide) groups is 1. The fourth-order valence-electron chi connectivity index (χ4n) is 2.42. The van der Waals surface area contributed by atoms with Crippen LogP contribution < -0.4 is 5.32 Å². The molecule has 1 heterocycles. The molecule has 0 aliphatic rings. The van der Waals surface area contributed by atoms with Crippen LogP contribution >= 0.6 is 11.8 Å². The van der Waals surface area contributed by atoms with Crippen LogP contribution in [-0.2, 0) is 22.0 Å². The Labute approximate surface area is 159 Å². The van der Waals surface area contributed by atoms with Crippen molar-refractivity contribution in [3.05, 3.63) is 29.8 Å². The molecular formula is C19H28N4O2S. The zero-order valence-electron chi connectivity index (χ0n) is 16.4. The Morgan fingerprint density at radius 3 is 2.50 bits per heavy atom. The summed E-state index contributed by atoms with van der Waals surface area (Å²) >= 11 is 1.40. The first-order valence-corrected chi connectivity index (χ1v) is 9.55. The van der Waals surface area contributed by atoms with Gasteiger partial charge in [0.2, 0.25) is 5.91 Å². The van der Waals surface area contributed by atoms with E-state index in [1.165, 1.54) is 17.3 Å². The molecule has 1 atom stereocenters. The Hall–Kier alpha value is -1.86. The van der Waals surface area contributed by atoms with Gasteiger partial charge in [-0.05, 0) is 17.9 Å². The van der Waals surface area contributed by atoms with Crippen molar-refractivity contribution < 1.29 is 9.53 Å². The molecule has 0 saturated carbocycles. The number of carbonyl (C=O) groups excluding carboxylic acids is 1. The summed E-state index contributed by atoms with van der Waals surface area (Å²) in [6, 6.07) is 8.39. The Morgan fingerprint density at radius 1 is 1.27 bits per heavy atom. The van der Waals surface area contributed by atoms with Gasteiger partial charge in [-0.15, -0.1) is 10.2 Å². The number of hydrogen-bond donors (Lipinski definition) is 1. The summed E-state index contributed by atoms with van der Waals surface area (Å²) in [5.41, 5.74) is 2.40. The Bertz CT molecular complexity index is 735. The Kier molecular flexibility index (Phi) is 6.83. The highest BCUT2D eigenvalue weighted by molar-refractivity contribution is 8.00. The van der Waals surface area contributed by atoms with Gasteiger partial charge in [-0.25, -0.2) is 0 Å². The van der Waals surface area contributed by atoms with Gasteiger partial charge in [0, 0.05) is 26.3 Å². The summed E-state index contributed by atoms with van der Waals surface area (Å²) in [5, 5.41) is 11.9. The van der Waals surface area contributed by atoms with E-state index in [1.54, 1.807) is 7.11 Å². The van der Waals surface area contributed by atoms with Gasteiger partial charge in [-0.1, -0.05) is 56.8 Å². The van der Waals surface area contributed by atoms with Gasteiger partial charge in [0.1, 0.15) is 0 Å². The molecule has 0 fully saturated rings. The average Bonchev–Trinajstić information content (AvgIpc) is 2.95. The van der Waals surface area contributed by atoms with Crippen molar-refractivity contribution in [2.75, 3.05) is 20.3 Å². The molecule has 7 heteroatoms. The number of hydrogen-bond acceptors (Lipinski definition) is 5. The second-order valence-corrected chi connectivity index (χ2v) is 8.54. The number of benzene rings is 1. The third-order valence-electron chi connectivity index (χ3n) is 4.10. The van der Waals surface area contributed by atoms with E-state index < -0.39 is 0 Å². The van der Waals surface area contributed by atoms with Gasteiger partial charge in [0.25, 0.3) is 0 Å². The lowest BCUT2D eigenvalue weighted by Crippen LogP contribution is -2.33. The summed E-state index contributed by atoms with van der Waals surface area (Å²) in [6.07, 6.45) is 0. The number of methoxy groups -OCH3 is 1. The molecule has 6 nitrogen and oxygen atoms in total. The molecule has 0 saturated heterocycles. The molecule has 2 aromatic rings. The molecule has 0 bridgehead atoms. The third-order valence-corrected chi connectivity index (χ3v) is 5.23. The van der Waals surface area contributed by atoms with Gasteiger partial charge >= 0.3 is 0 Å². The molecule has 0 spiro atoms. The van der Waals surface area contributed by atoms with Gasteiger partial charge in [0.05, 0.1) is 11.9 Å². The topological polar surface area (TPSA) is 69.0 Å². The minimum atomic E-state index is -0.258. The maximum atomic E-state index is 12.1. The summed E-state index contributed by atoms with van der Waals surface area (Å²) in [5.74, 6) is 0.756. The minimum absolute atomic E-state index is 0.0360. The number of aromatic nitrogens is 3. The van der Waals surface area contributed by atoms with Gasteiger partial charge < -0.3 is 14.6 Å². The second-order valence-electron chi connectivity index (χ2n) is 7.24. The first-order valence-electron chi connectivity index (χ1n) is 8.67. The first kappa shape index (κ1) is 20.5. The molecule has 1 N–H and O–H groups in total. The molecule has 26 heavy (non-hydrogen) atoms. The van der Waals surface area contributed by atoms with E-state index in [1.807, 2.05) is 18.5 Å². The summed E-state index contributed by atoms with van der Waals surface area (Å²) in [6.45, 7) is 9.44. The van der Waals surface area contributed by atoms with Crippen LogP contribution in [-0.4, -0.2) is 46.2 Å². The lowest BCUT2D eigenvalue weighted by atomic mass is 9.87. The van der Waals surface area contributed by atoms with Crippen LogP contribution in [0, 0.1) is 0 Å².